The zero-order valence-corrected chi connectivity index (χ0v) is 15.7. The molecule has 4 nitrogen and oxygen atoms in total. The molecule has 0 bridgehead atoms. The van der Waals surface area contributed by atoms with Crippen LogP contribution in [0.1, 0.15) is 23.7 Å². The van der Waals surface area contributed by atoms with Crippen LogP contribution in [0.25, 0.3) is 11.0 Å². The van der Waals surface area contributed by atoms with Crippen molar-refractivity contribution in [3.8, 4) is 0 Å². The summed E-state index contributed by atoms with van der Waals surface area (Å²) in [6.07, 6.45) is 3.22. The molecule has 2 heterocycles. The van der Waals surface area contributed by atoms with Gasteiger partial charge in [-0.15, -0.1) is 0 Å². The summed E-state index contributed by atoms with van der Waals surface area (Å²) in [5.41, 5.74) is 4.18. The fourth-order valence-corrected chi connectivity index (χ4v) is 3.46. The number of aryl methyl sites for hydroxylation is 1. The highest BCUT2D eigenvalue weighted by Crippen LogP contribution is 2.28. The molecule has 1 amide bonds. The van der Waals surface area contributed by atoms with Gasteiger partial charge >= 0.3 is 0 Å². The third-order valence-corrected chi connectivity index (χ3v) is 4.94. The van der Waals surface area contributed by atoms with E-state index < -0.39 is 0 Å². The van der Waals surface area contributed by atoms with Crippen molar-refractivity contribution in [2.75, 3.05) is 6.54 Å². The normalized spacial score (nSPS) is 11.0. The maximum Gasteiger partial charge on any atom is 0.216 e. The van der Waals surface area contributed by atoms with Crippen molar-refractivity contribution in [1.82, 2.24) is 14.9 Å². The fraction of sp³-hybridized carbons (Fsp3) is 0.263. The van der Waals surface area contributed by atoms with Gasteiger partial charge in [0.05, 0.1) is 0 Å². The Morgan fingerprint density at radius 1 is 1.32 bits per heavy atom. The number of hydrogen-bond acceptors (Lipinski definition) is 2. The van der Waals surface area contributed by atoms with E-state index in [2.05, 4.69) is 36.9 Å². The highest BCUT2D eigenvalue weighted by atomic mass is 79.9. The largest absolute Gasteiger partial charge is 0.356 e. The smallest absolute Gasteiger partial charge is 0.216 e. The highest BCUT2D eigenvalue weighted by Gasteiger charge is 2.14. The Kier molecular flexibility index (Phi) is 5.18. The number of carbonyl (C=O) groups excluding carboxylic acids is 1. The van der Waals surface area contributed by atoms with E-state index in [-0.39, 0.29) is 11.7 Å². The SMILES string of the molecule is CC(=O)NCCc1c(Br)cnc2c1cc(Cc1ccc(F)cc1)n2C. The lowest BCUT2D eigenvalue weighted by molar-refractivity contribution is -0.118. The molecule has 0 aliphatic carbocycles. The average Bonchev–Trinajstić information content (AvgIpc) is 2.88. The zero-order chi connectivity index (χ0) is 18.0. The number of benzene rings is 1. The molecule has 1 N–H and O–H groups in total. The summed E-state index contributed by atoms with van der Waals surface area (Å²) in [5.74, 6) is -0.266. The second-order valence-electron chi connectivity index (χ2n) is 6.05. The summed E-state index contributed by atoms with van der Waals surface area (Å²) >= 11 is 3.57. The summed E-state index contributed by atoms with van der Waals surface area (Å²) in [7, 11) is 1.99. The van der Waals surface area contributed by atoms with Crippen LogP contribution in [-0.4, -0.2) is 22.0 Å². The Labute approximate surface area is 154 Å². The third kappa shape index (κ3) is 3.90. The molecule has 6 heteroatoms. The number of aromatic nitrogens is 2. The molecule has 1 aromatic carbocycles. The molecule has 0 radical (unpaired) electrons. The van der Waals surface area contributed by atoms with Crippen LogP contribution in [0, 0.1) is 5.82 Å². The summed E-state index contributed by atoms with van der Waals surface area (Å²) in [6.45, 7) is 2.09. The van der Waals surface area contributed by atoms with E-state index in [0.717, 1.165) is 38.7 Å². The van der Waals surface area contributed by atoms with Gasteiger partial charge in [-0.2, -0.15) is 0 Å². The Morgan fingerprint density at radius 2 is 2.04 bits per heavy atom. The molecular formula is C19H19BrFN3O. The van der Waals surface area contributed by atoms with Gasteiger partial charge in [0.25, 0.3) is 0 Å². The van der Waals surface area contributed by atoms with Crippen molar-refractivity contribution in [3.05, 3.63) is 63.6 Å². The van der Waals surface area contributed by atoms with Gasteiger partial charge in [-0.3, -0.25) is 4.79 Å². The van der Waals surface area contributed by atoms with Gasteiger partial charge in [0.15, 0.2) is 0 Å². The van der Waals surface area contributed by atoms with Crippen LogP contribution in [0.2, 0.25) is 0 Å². The van der Waals surface area contributed by atoms with Crippen molar-refractivity contribution in [3.63, 3.8) is 0 Å². The van der Waals surface area contributed by atoms with Gasteiger partial charge in [-0.05, 0) is 51.7 Å². The predicted molar refractivity (Wildman–Crippen MR) is 100 cm³/mol. The van der Waals surface area contributed by atoms with E-state index in [4.69, 9.17) is 0 Å². The topological polar surface area (TPSA) is 46.9 Å². The van der Waals surface area contributed by atoms with E-state index in [1.807, 2.05) is 7.05 Å². The van der Waals surface area contributed by atoms with Gasteiger partial charge in [0.2, 0.25) is 5.91 Å². The lowest BCUT2D eigenvalue weighted by Gasteiger charge is -2.07. The first-order chi connectivity index (χ1) is 12.0. The summed E-state index contributed by atoms with van der Waals surface area (Å²) < 4.78 is 16.1. The van der Waals surface area contributed by atoms with Crippen molar-refractivity contribution < 1.29 is 9.18 Å². The number of rotatable bonds is 5. The Balaban J connectivity index is 1.94. The van der Waals surface area contributed by atoms with Crippen LogP contribution in [0.4, 0.5) is 4.39 Å². The maximum atomic E-state index is 13.1. The molecule has 0 unspecified atom stereocenters. The molecule has 2 aromatic heterocycles. The molecule has 0 spiro atoms. The first-order valence-electron chi connectivity index (χ1n) is 8.06. The van der Waals surface area contributed by atoms with Gasteiger partial charge < -0.3 is 9.88 Å². The molecule has 0 saturated heterocycles. The molecule has 0 atom stereocenters. The molecule has 3 rings (SSSR count). The molecule has 0 saturated carbocycles. The minimum absolute atomic E-state index is 0.0357. The third-order valence-electron chi connectivity index (χ3n) is 4.26. The van der Waals surface area contributed by atoms with Crippen molar-refractivity contribution in [2.45, 2.75) is 19.8 Å². The van der Waals surface area contributed by atoms with Crippen LogP contribution in [0.5, 0.6) is 0 Å². The lowest BCUT2D eigenvalue weighted by Crippen LogP contribution is -2.22. The van der Waals surface area contributed by atoms with E-state index >= 15 is 0 Å². The summed E-state index contributed by atoms with van der Waals surface area (Å²) in [6, 6.07) is 8.68. The van der Waals surface area contributed by atoms with Crippen molar-refractivity contribution in [2.24, 2.45) is 7.05 Å². The van der Waals surface area contributed by atoms with E-state index in [0.29, 0.717) is 13.0 Å². The number of pyridine rings is 1. The number of carbonyl (C=O) groups is 1. The number of halogens is 2. The number of hydrogen-bond donors (Lipinski definition) is 1. The van der Waals surface area contributed by atoms with E-state index in [1.165, 1.54) is 19.1 Å². The number of nitrogens with one attached hydrogen (secondary N) is 1. The number of nitrogens with zero attached hydrogens (tertiary/aromatic N) is 2. The first kappa shape index (κ1) is 17.6. The van der Waals surface area contributed by atoms with Gasteiger partial charge in [0, 0.05) is 48.7 Å². The fourth-order valence-electron chi connectivity index (χ4n) is 2.95. The predicted octanol–water partition coefficient (Wildman–Crippen LogP) is 3.74. The summed E-state index contributed by atoms with van der Waals surface area (Å²) in [4.78, 5) is 15.6. The molecule has 25 heavy (non-hydrogen) atoms. The quantitative estimate of drug-likeness (QED) is 0.704. The van der Waals surface area contributed by atoms with Gasteiger partial charge in [-0.25, -0.2) is 9.37 Å². The molecular weight excluding hydrogens is 385 g/mol. The van der Waals surface area contributed by atoms with Crippen molar-refractivity contribution in [1.29, 1.82) is 0 Å². The monoisotopic (exact) mass is 403 g/mol. The minimum atomic E-state index is -0.230. The Bertz CT molecular complexity index is 919. The highest BCUT2D eigenvalue weighted by molar-refractivity contribution is 9.10. The van der Waals surface area contributed by atoms with Crippen LogP contribution in [0.15, 0.2) is 41.0 Å². The molecule has 0 fully saturated rings. The van der Waals surface area contributed by atoms with Gasteiger partial charge in [0.1, 0.15) is 11.5 Å². The summed E-state index contributed by atoms with van der Waals surface area (Å²) in [5, 5.41) is 3.90. The van der Waals surface area contributed by atoms with Crippen LogP contribution in [0.3, 0.4) is 0 Å². The first-order valence-corrected chi connectivity index (χ1v) is 8.85. The van der Waals surface area contributed by atoms with Crippen LogP contribution in [-0.2, 0) is 24.7 Å². The average molecular weight is 404 g/mol. The van der Waals surface area contributed by atoms with E-state index in [1.54, 1.807) is 18.3 Å². The molecule has 0 aliphatic heterocycles. The Hall–Kier alpha value is -2.21. The molecule has 0 aliphatic rings. The zero-order valence-electron chi connectivity index (χ0n) is 14.1. The number of amides is 1. The van der Waals surface area contributed by atoms with E-state index in [9.17, 15) is 9.18 Å². The lowest BCUT2D eigenvalue weighted by atomic mass is 10.1. The second kappa shape index (κ2) is 7.35. The number of fused-ring (bicyclic) bond motifs is 1. The Morgan fingerprint density at radius 3 is 2.72 bits per heavy atom. The maximum absolute atomic E-state index is 13.1. The van der Waals surface area contributed by atoms with Crippen LogP contribution >= 0.6 is 15.9 Å². The van der Waals surface area contributed by atoms with Crippen LogP contribution < -0.4 is 5.32 Å². The molecule has 3 aromatic rings. The molecule has 130 valence electrons. The minimum Gasteiger partial charge on any atom is -0.356 e. The van der Waals surface area contributed by atoms with Gasteiger partial charge in [-0.1, -0.05) is 12.1 Å². The second-order valence-corrected chi connectivity index (χ2v) is 6.91. The van der Waals surface area contributed by atoms with Crippen molar-refractivity contribution >= 4 is 32.9 Å². The standard InChI is InChI=1S/C19H19BrFN3O/c1-12(25)22-8-7-16-17-10-15(9-13-3-5-14(21)6-4-13)24(2)19(17)23-11-18(16)20/h3-6,10-11H,7-9H2,1-2H3,(H,22,25).